The second-order valence-corrected chi connectivity index (χ2v) is 6.68. The third-order valence-electron chi connectivity index (χ3n) is 3.72. The van der Waals surface area contributed by atoms with Crippen molar-refractivity contribution in [3.05, 3.63) is 53.6 Å². The molecule has 0 aromatic heterocycles. The lowest BCUT2D eigenvalue weighted by Crippen LogP contribution is -2.41. The molecule has 0 saturated heterocycles. The molecule has 2 aromatic rings. The third-order valence-corrected chi connectivity index (χ3v) is 4.05. The Hall–Kier alpha value is -2.86. The summed E-state index contributed by atoms with van der Waals surface area (Å²) >= 11 is 6.03. The number of carbonyl (C=O) groups is 3. The van der Waals surface area contributed by atoms with E-state index in [1.807, 2.05) is 0 Å². The van der Waals surface area contributed by atoms with Crippen molar-refractivity contribution in [3.8, 4) is 0 Å². The number of amides is 3. The number of halogens is 1. The van der Waals surface area contributed by atoms with Crippen LogP contribution in [0.15, 0.2) is 48.5 Å². The highest BCUT2D eigenvalue weighted by atomic mass is 35.5. The van der Waals surface area contributed by atoms with Gasteiger partial charge in [0.25, 0.3) is 0 Å². The molecule has 7 heteroatoms. The van der Waals surface area contributed by atoms with Gasteiger partial charge in [-0.3, -0.25) is 14.4 Å². The number of anilines is 3. The first-order valence-corrected chi connectivity index (χ1v) is 8.33. The minimum atomic E-state index is -1.32. The zero-order valence-corrected chi connectivity index (χ0v) is 15.5. The highest BCUT2D eigenvalue weighted by molar-refractivity contribution is 6.34. The fourth-order valence-electron chi connectivity index (χ4n) is 2.07. The number of hydrogen-bond donors (Lipinski definition) is 3. The summed E-state index contributed by atoms with van der Waals surface area (Å²) in [4.78, 5) is 36.1. The van der Waals surface area contributed by atoms with Gasteiger partial charge in [0.2, 0.25) is 17.7 Å². The van der Waals surface area contributed by atoms with E-state index in [1.165, 1.54) is 20.8 Å². The average Bonchev–Trinajstić information content (AvgIpc) is 2.58. The van der Waals surface area contributed by atoms with Crippen molar-refractivity contribution in [3.63, 3.8) is 0 Å². The van der Waals surface area contributed by atoms with E-state index in [-0.39, 0.29) is 5.91 Å². The third kappa shape index (κ3) is 4.83. The summed E-state index contributed by atoms with van der Waals surface area (Å²) < 4.78 is 0. The first-order valence-electron chi connectivity index (χ1n) is 7.95. The molecule has 3 amide bonds. The van der Waals surface area contributed by atoms with Crippen LogP contribution in [0.1, 0.15) is 20.8 Å². The van der Waals surface area contributed by atoms with Gasteiger partial charge in [-0.2, -0.15) is 0 Å². The van der Waals surface area contributed by atoms with Gasteiger partial charge in [0.1, 0.15) is 5.41 Å². The summed E-state index contributed by atoms with van der Waals surface area (Å²) in [6, 6.07) is 13.4. The molecule has 0 saturated carbocycles. The summed E-state index contributed by atoms with van der Waals surface area (Å²) in [5, 5.41) is 8.40. The van der Waals surface area contributed by atoms with Gasteiger partial charge < -0.3 is 16.0 Å². The zero-order valence-electron chi connectivity index (χ0n) is 14.7. The van der Waals surface area contributed by atoms with Crippen LogP contribution in [-0.2, 0) is 14.4 Å². The van der Waals surface area contributed by atoms with Crippen LogP contribution in [0.3, 0.4) is 0 Å². The number of benzene rings is 2. The maximum Gasteiger partial charge on any atom is 0.239 e. The SMILES string of the molecule is CC(=O)Nc1ccc(NC(=O)C(C)(C)C(=O)Nc2ccccc2Cl)cc1. The van der Waals surface area contributed by atoms with Crippen LogP contribution in [0.2, 0.25) is 5.02 Å². The van der Waals surface area contributed by atoms with Crippen LogP contribution in [0.4, 0.5) is 17.1 Å². The first-order chi connectivity index (χ1) is 12.2. The molecule has 0 aliphatic carbocycles. The highest BCUT2D eigenvalue weighted by Crippen LogP contribution is 2.25. The molecular formula is C19H20ClN3O3. The van der Waals surface area contributed by atoms with E-state index in [0.29, 0.717) is 22.1 Å². The second kappa shape index (κ2) is 8.01. The molecule has 26 heavy (non-hydrogen) atoms. The molecule has 3 N–H and O–H groups in total. The van der Waals surface area contributed by atoms with E-state index in [9.17, 15) is 14.4 Å². The second-order valence-electron chi connectivity index (χ2n) is 6.27. The Balaban J connectivity index is 2.05. The quantitative estimate of drug-likeness (QED) is 0.694. The van der Waals surface area contributed by atoms with Gasteiger partial charge in [-0.25, -0.2) is 0 Å². The minimum absolute atomic E-state index is 0.181. The van der Waals surface area contributed by atoms with Crippen molar-refractivity contribution in [2.45, 2.75) is 20.8 Å². The fourth-order valence-corrected chi connectivity index (χ4v) is 2.25. The van der Waals surface area contributed by atoms with E-state index in [2.05, 4.69) is 16.0 Å². The summed E-state index contributed by atoms with van der Waals surface area (Å²) in [6.07, 6.45) is 0. The molecule has 136 valence electrons. The Morgan fingerprint density at radius 1 is 0.808 bits per heavy atom. The zero-order chi connectivity index (χ0) is 19.3. The standard InChI is InChI=1S/C19H20ClN3O3/c1-12(24)21-13-8-10-14(11-9-13)22-17(25)19(2,3)18(26)23-16-7-5-4-6-15(16)20/h4-11H,1-3H3,(H,21,24)(H,22,25)(H,23,26). The lowest BCUT2D eigenvalue weighted by atomic mass is 9.90. The fraction of sp³-hybridized carbons (Fsp3) is 0.211. The Morgan fingerprint density at radius 2 is 1.31 bits per heavy atom. The van der Waals surface area contributed by atoms with Gasteiger partial charge in [-0.15, -0.1) is 0 Å². The summed E-state index contributed by atoms with van der Waals surface area (Å²) in [6.45, 7) is 4.47. The van der Waals surface area contributed by atoms with Crippen molar-refractivity contribution < 1.29 is 14.4 Å². The van der Waals surface area contributed by atoms with Gasteiger partial charge in [0.05, 0.1) is 10.7 Å². The Bertz CT molecular complexity index is 832. The predicted octanol–water partition coefficient (Wildman–Crippen LogP) is 3.90. The van der Waals surface area contributed by atoms with E-state index in [4.69, 9.17) is 11.6 Å². The molecular weight excluding hydrogens is 354 g/mol. The smallest absolute Gasteiger partial charge is 0.239 e. The number of nitrogens with one attached hydrogen (secondary N) is 3. The molecule has 0 bridgehead atoms. The van der Waals surface area contributed by atoms with Crippen molar-refractivity contribution >= 4 is 46.4 Å². The Labute approximate surface area is 156 Å². The van der Waals surface area contributed by atoms with Crippen LogP contribution in [0.25, 0.3) is 0 Å². The molecule has 0 heterocycles. The molecule has 2 rings (SSSR count). The molecule has 0 fully saturated rings. The monoisotopic (exact) mass is 373 g/mol. The lowest BCUT2D eigenvalue weighted by Gasteiger charge is -2.23. The summed E-state index contributed by atoms with van der Waals surface area (Å²) in [7, 11) is 0. The van der Waals surface area contributed by atoms with E-state index in [0.717, 1.165) is 0 Å². The number of hydrogen-bond acceptors (Lipinski definition) is 3. The van der Waals surface area contributed by atoms with E-state index < -0.39 is 17.2 Å². The normalized spacial score (nSPS) is 10.8. The van der Waals surface area contributed by atoms with Crippen molar-refractivity contribution in [1.29, 1.82) is 0 Å². The Morgan fingerprint density at radius 3 is 1.85 bits per heavy atom. The summed E-state index contributed by atoms with van der Waals surface area (Å²) in [5.41, 5.74) is 0.254. The van der Waals surface area contributed by atoms with Crippen LogP contribution in [-0.4, -0.2) is 17.7 Å². The molecule has 0 aliphatic heterocycles. The highest BCUT2D eigenvalue weighted by Gasteiger charge is 2.36. The van der Waals surface area contributed by atoms with Gasteiger partial charge in [-0.05, 0) is 50.2 Å². The van der Waals surface area contributed by atoms with Crippen LogP contribution < -0.4 is 16.0 Å². The van der Waals surface area contributed by atoms with Crippen LogP contribution in [0, 0.1) is 5.41 Å². The summed E-state index contributed by atoms with van der Waals surface area (Å²) in [5.74, 6) is -1.12. The molecule has 0 atom stereocenters. The lowest BCUT2D eigenvalue weighted by molar-refractivity contribution is -0.135. The molecule has 0 radical (unpaired) electrons. The maximum atomic E-state index is 12.5. The van der Waals surface area contributed by atoms with Gasteiger partial charge in [0, 0.05) is 18.3 Å². The topological polar surface area (TPSA) is 87.3 Å². The average molecular weight is 374 g/mol. The molecule has 0 spiro atoms. The molecule has 0 unspecified atom stereocenters. The van der Waals surface area contributed by atoms with Crippen LogP contribution in [0.5, 0.6) is 0 Å². The molecule has 0 aliphatic rings. The van der Waals surface area contributed by atoms with E-state index >= 15 is 0 Å². The Kier molecular flexibility index (Phi) is 6.00. The largest absolute Gasteiger partial charge is 0.326 e. The minimum Gasteiger partial charge on any atom is -0.326 e. The van der Waals surface area contributed by atoms with Gasteiger partial charge in [0.15, 0.2) is 0 Å². The van der Waals surface area contributed by atoms with Crippen LogP contribution >= 0.6 is 11.6 Å². The maximum absolute atomic E-state index is 12.5. The van der Waals surface area contributed by atoms with Gasteiger partial charge >= 0.3 is 0 Å². The number of rotatable bonds is 5. The number of carbonyl (C=O) groups excluding carboxylic acids is 3. The van der Waals surface area contributed by atoms with Crippen molar-refractivity contribution in [2.24, 2.45) is 5.41 Å². The van der Waals surface area contributed by atoms with Crippen molar-refractivity contribution in [2.75, 3.05) is 16.0 Å². The molecule has 2 aromatic carbocycles. The van der Waals surface area contributed by atoms with Crippen molar-refractivity contribution in [1.82, 2.24) is 0 Å². The van der Waals surface area contributed by atoms with E-state index in [1.54, 1.807) is 48.5 Å². The van der Waals surface area contributed by atoms with Gasteiger partial charge in [-0.1, -0.05) is 23.7 Å². The molecule has 6 nitrogen and oxygen atoms in total. The number of para-hydroxylation sites is 1. The first kappa shape index (κ1) is 19.5. The predicted molar refractivity (Wildman–Crippen MR) is 103 cm³/mol.